The largest absolute Gasteiger partial charge is 0.463 e. The Labute approximate surface area is 127 Å². The van der Waals surface area contributed by atoms with Crippen LogP contribution in [0.3, 0.4) is 0 Å². The van der Waals surface area contributed by atoms with E-state index in [0.717, 1.165) is 0 Å². The first-order valence-electron chi connectivity index (χ1n) is 6.99. The van der Waals surface area contributed by atoms with Gasteiger partial charge in [-0.2, -0.15) is 0 Å². The van der Waals surface area contributed by atoms with Crippen molar-refractivity contribution in [3.63, 3.8) is 0 Å². The molecule has 116 valence electrons. The number of benzene rings is 1. The van der Waals surface area contributed by atoms with E-state index in [1.165, 1.54) is 0 Å². The Balaban J connectivity index is 2.07. The molecule has 0 saturated carbocycles. The van der Waals surface area contributed by atoms with Crippen LogP contribution in [0, 0.1) is 0 Å². The number of urea groups is 1. The lowest BCUT2D eigenvalue weighted by molar-refractivity contribution is -0.138. The third-order valence-corrected chi connectivity index (χ3v) is 3.45. The lowest BCUT2D eigenvalue weighted by atomic mass is 9.99. The van der Waals surface area contributed by atoms with Crippen LogP contribution in [0.1, 0.15) is 19.4 Å². The molecule has 0 fully saturated rings. The molecule has 7 nitrogen and oxygen atoms in total. The van der Waals surface area contributed by atoms with Gasteiger partial charge in [-0.3, -0.25) is 0 Å². The Morgan fingerprint density at radius 2 is 2.14 bits per heavy atom. The van der Waals surface area contributed by atoms with Gasteiger partial charge >= 0.3 is 12.0 Å². The quantitative estimate of drug-likeness (QED) is 0.824. The molecule has 22 heavy (non-hydrogen) atoms. The van der Waals surface area contributed by atoms with E-state index in [1.54, 1.807) is 32.0 Å². The van der Waals surface area contributed by atoms with E-state index in [0.29, 0.717) is 28.3 Å². The zero-order valence-electron chi connectivity index (χ0n) is 12.3. The molecule has 0 spiro atoms. The summed E-state index contributed by atoms with van der Waals surface area (Å²) in [6.45, 7) is 3.89. The highest BCUT2D eigenvalue weighted by molar-refractivity contribution is 6.04. The van der Waals surface area contributed by atoms with Gasteiger partial charge in [0.05, 0.1) is 23.9 Å². The molecule has 2 N–H and O–H groups in total. The molecule has 0 radical (unpaired) electrons. The molecule has 0 unspecified atom stereocenters. The third kappa shape index (κ3) is 2.45. The highest BCUT2D eigenvalue weighted by atomic mass is 16.7. The summed E-state index contributed by atoms with van der Waals surface area (Å²) in [5.74, 6) is 0.749. The van der Waals surface area contributed by atoms with Crippen LogP contribution in [-0.2, 0) is 9.53 Å². The van der Waals surface area contributed by atoms with E-state index in [9.17, 15) is 9.59 Å². The SMILES string of the molecule is CCOC(=O)C1=C(c2ccc3c(c2)OCO3)NC(=O)N[C@@H]1C. The first-order valence-corrected chi connectivity index (χ1v) is 6.99. The van der Waals surface area contributed by atoms with Crippen molar-refractivity contribution in [3.05, 3.63) is 29.3 Å². The number of ether oxygens (including phenoxy) is 3. The Hall–Kier alpha value is -2.70. The second-order valence-electron chi connectivity index (χ2n) is 4.90. The molecule has 2 heterocycles. The second kappa shape index (κ2) is 5.59. The van der Waals surface area contributed by atoms with E-state index in [2.05, 4.69) is 10.6 Å². The number of rotatable bonds is 3. The minimum Gasteiger partial charge on any atom is -0.463 e. The summed E-state index contributed by atoms with van der Waals surface area (Å²) >= 11 is 0. The van der Waals surface area contributed by atoms with Crippen molar-refractivity contribution in [2.75, 3.05) is 13.4 Å². The lowest BCUT2D eigenvalue weighted by Crippen LogP contribution is -2.48. The van der Waals surface area contributed by atoms with Crippen molar-refractivity contribution >= 4 is 17.7 Å². The van der Waals surface area contributed by atoms with Gasteiger partial charge in [-0.25, -0.2) is 9.59 Å². The van der Waals surface area contributed by atoms with Gasteiger partial charge in [0.25, 0.3) is 0 Å². The first-order chi connectivity index (χ1) is 10.6. The standard InChI is InChI=1S/C15H16N2O5/c1-3-20-14(18)12-8(2)16-15(19)17-13(12)9-4-5-10-11(6-9)22-7-21-10/h4-6,8H,3,7H2,1-2H3,(H2,16,17,19)/t8-/m1/s1. The number of nitrogens with one attached hydrogen (secondary N) is 2. The van der Waals surface area contributed by atoms with Crippen LogP contribution in [0.2, 0.25) is 0 Å². The number of fused-ring (bicyclic) bond motifs is 1. The smallest absolute Gasteiger partial charge is 0.338 e. The molecular formula is C15H16N2O5. The molecule has 1 aromatic rings. The molecule has 1 atom stereocenters. The Kier molecular flexibility index (Phi) is 3.62. The predicted octanol–water partition coefficient (Wildman–Crippen LogP) is 1.39. The van der Waals surface area contributed by atoms with Crippen molar-refractivity contribution in [1.29, 1.82) is 0 Å². The first kappa shape index (κ1) is 14.2. The van der Waals surface area contributed by atoms with Crippen LogP contribution in [0.5, 0.6) is 11.5 Å². The summed E-state index contributed by atoms with van der Waals surface area (Å²) in [4.78, 5) is 24.0. The van der Waals surface area contributed by atoms with Gasteiger partial charge in [0, 0.05) is 5.56 Å². The molecule has 2 aliphatic heterocycles. The summed E-state index contributed by atoms with van der Waals surface area (Å²) in [5, 5.41) is 5.33. The molecule has 2 aliphatic rings. The zero-order valence-corrected chi connectivity index (χ0v) is 12.3. The molecule has 0 aliphatic carbocycles. The van der Waals surface area contributed by atoms with E-state index in [1.807, 2.05) is 0 Å². The van der Waals surface area contributed by atoms with Gasteiger partial charge < -0.3 is 24.8 Å². The fraction of sp³-hybridized carbons (Fsp3) is 0.333. The van der Waals surface area contributed by atoms with Crippen molar-refractivity contribution in [3.8, 4) is 11.5 Å². The highest BCUT2D eigenvalue weighted by Crippen LogP contribution is 2.35. The van der Waals surface area contributed by atoms with Crippen LogP contribution in [-0.4, -0.2) is 31.4 Å². The fourth-order valence-corrected chi connectivity index (χ4v) is 2.47. The monoisotopic (exact) mass is 304 g/mol. The average Bonchev–Trinajstić information content (AvgIpc) is 2.93. The Morgan fingerprint density at radius 3 is 2.91 bits per heavy atom. The molecular weight excluding hydrogens is 288 g/mol. The highest BCUT2D eigenvalue weighted by Gasteiger charge is 2.31. The van der Waals surface area contributed by atoms with Crippen LogP contribution in [0.4, 0.5) is 4.79 Å². The van der Waals surface area contributed by atoms with Gasteiger partial charge in [0.1, 0.15) is 0 Å². The summed E-state index contributed by atoms with van der Waals surface area (Å²) in [5.41, 5.74) is 1.46. The van der Waals surface area contributed by atoms with E-state index < -0.39 is 12.0 Å². The topological polar surface area (TPSA) is 85.9 Å². The van der Waals surface area contributed by atoms with Crippen LogP contribution in [0.25, 0.3) is 5.70 Å². The predicted molar refractivity (Wildman–Crippen MR) is 77.2 cm³/mol. The maximum atomic E-state index is 12.2. The molecule has 0 bridgehead atoms. The van der Waals surface area contributed by atoms with E-state index in [4.69, 9.17) is 14.2 Å². The fourth-order valence-electron chi connectivity index (χ4n) is 2.47. The van der Waals surface area contributed by atoms with Crippen molar-refractivity contribution in [2.24, 2.45) is 0 Å². The van der Waals surface area contributed by atoms with Crippen molar-refractivity contribution in [2.45, 2.75) is 19.9 Å². The summed E-state index contributed by atoms with van der Waals surface area (Å²) in [6.07, 6.45) is 0. The van der Waals surface area contributed by atoms with Gasteiger partial charge in [-0.15, -0.1) is 0 Å². The normalized spacial score (nSPS) is 19.5. The van der Waals surface area contributed by atoms with Gasteiger partial charge in [-0.1, -0.05) is 0 Å². The minimum absolute atomic E-state index is 0.160. The summed E-state index contributed by atoms with van der Waals surface area (Å²) in [6, 6.07) is 4.42. The van der Waals surface area contributed by atoms with Crippen LogP contribution in [0.15, 0.2) is 23.8 Å². The number of hydrogen-bond donors (Lipinski definition) is 2. The van der Waals surface area contributed by atoms with Crippen molar-refractivity contribution < 1.29 is 23.8 Å². The van der Waals surface area contributed by atoms with Crippen molar-refractivity contribution in [1.82, 2.24) is 10.6 Å². The number of carbonyl (C=O) groups excluding carboxylic acids is 2. The Morgan fingerprint density at radius 1 is 1.36 bits per heavy atom. The summed E-state index contributed by atoms with van der Waals surface area (Å²) in [7, 11) is 0. The molecule has 0 aromatic heterocycles. The number of amides is 2. The summed E-state index contributed by atoms with van der Waals surface area (Å²) < 4.78 is 15.7. The van der Waals surface area contributed by atoms with Gasteiger partial charge in [0.2, 0.25) is 6.79 Å². The van der Waals surface area contributed by atoms with Crippen LogP contribution < -0.4 is 20.1 Å². The number of hydrogen-bond acceptors (Lipinski definition) is 5. The van der Waals surface area contributed by atoms with E-state index in [-0.39, 0.29) is 19.4 Å². The number of esters is 1. The zero-order chi connectivity index (χ0) is 15.7. The molecule has 3 rings (SSSR count). The Bertz CT molecular complexity index is 668. The maximum absolute atomic E-state index is 12.2. The third-order valence-electron chi connectivity index (χ3n) is 3.45. The van der Waals surface area contributed by atoms with E-state index >= 15 is 0 Å². The lowest BCUT2D eigenvalue weighted by Gasteiger charge is -2.26. The minimum atomic E-state index is -0.463. The average molecular weight is 304 g/mol. The molecule has 7 heteroatoms. The number of carbonyl (C=O) groups is 2. The molecule has 2 amide bonds. The molecule has 0 saturated heterocycles. The molecule has 1 aromatic carbocycles. The second-order valence-corrected chi connectivity index (χ2v) is 4.90. The maximum Gasteiger partial charge on any atom is 0.338 e. The van der Waals surface area contributed by atoms with Gasteiger partial charge in [0.15, 0.2) is 11.5 Å². The van der Waals surface area contributed by atoms with Gasteiger partial charge in [-0.05, 0) is 32.0 Å². The van der Waals surface area contributed by atoms with Crippen LogP contribution >= 0.6 is 0 Å².